The molecule has 5 rings (SSSR count). The normalized spacial score (nSPS) is 20.3. The maximum atomic E-state index is 14.3. The quantitative estimate of drug-likeness (QED) is 0.140. The van der Waals surface area contributed by atoms with Crippen LogP contribution in [-0.4, -0.2) is 115 Å². The van der Waals surface area contributed by atoms with Gasteiger partial charge >= 0.3 is 5.97 Å². The Kier molecular flexibility index (Phi) is 14.5. The molecule has 0 spiro atoms. The van der Waals surface area contributed by atoms with Gasteiger partial charge in [-0.25, -0.2) is 4.79 Å². The van der Waals surface area contributed by atoms with E-state index in [0.29, 0.717) is 45.6 Å². The van der Waals surface area contributed by atoms with Crippen LogP contribution in [0.2, 0.25) is 0 Å². The zero-order valence-electron chi connectivity index (χ0n) is 31.4. The molecule has 1 fully saturated rings. The van der Waals surface area contributed by atoms with E-state index in [1.807, 2.05) is 98.6 Å². The molecule has 0 radical (unpaired) electrons. The number of piperazine rings is 1. The third-order valence-corrected chi connectivity index (χ3v) is 9.62. The third kappa shape index (κ3) is 12.2. The second kappa shape index (κ2) is 19.2. The summed E-state index contributed by atoms with van der Waals surface area (Å²) in [5.41, 5.74) is 3.51. The first-order chi connectivity index (χ1) is 25.5. The van der Waals surface area contributed by atoms with Crippen molar-refractivity contribution < 1.29 is 33.7 Å². The van der Waals surface area contributed by atoms with Gasteiger partial charge in [0, 0.05) is 70.1 Å². The van der Waals surface area contributed by atoms with E-state index in [-0.39, 0.29) is 38.0 Å². The number of amides is 2. The van der Waals surface area contributed by atoms with Crippen LogP contribution >= 0.6 is 0 Å². The lowest BCUT2D eigenvalue weighted by Gasteiger charge is -2.42. The van der Waals surface area contributed by atoms with E-state index >= 15 is 0 Å². The fraction of sp³-hybridized carbons (Fsp3) is 0.512. The predicted octanol–water partition coefficient (Wildman–Crippen LogP) is 3.08. The van der Waals surface area contributed by atoms with Crippen molar-refractivity contribution in [2.24, 2.45) is 5.92 Å². The highest BCUT2D eigenvalue weighted by Gasteiger charge is 2.39. The van der Waals surface area contributed by atoms with Crippen LogP contribution < -0.4 is 10.6 Å². The van der Waals surface area contributed by atoms with Gasteiger partial charge in [0.1, 0.15) is 18.8 Å². The van der Waals surface area contributed by atoms with Gasteiger partial charge in [0.2, 0.25) is 11.8 Å². The van der Waals surface area contributed by atoms with Crippen LogP contribution in [0.4, 0.5) is 0 Å². The lowest BCUT2D eigenvalue weighted by atomic mass is 9.91. The summed E-state index contributed by atoms with van der Waals surface area (Å²) in [6.45, 7) is 8.98. The standard InChI is InChI=1S/C41H55N5O7/c1-41(2,3)44-40(50)35-27-45(25-30-13-10-16-42-24-30)17-18-46(35)26-33(47)22-32(21-29-11-6-5-7-12-29)39(49)43-38-34-15-9-8-14-31(34)23-36(38)53-37(48)28-52-20-19-51-4/h5-16,24,32-33,35-36,38,47H,17-23,25-28H2,1-4H3,(H,43,49)(H,44,50). The molecule has 1 aliphatic carbocycles. The lowest BCUT2D eigenvalue weighted by molar-refractivity contribution is -0.156. The molecule has 5 unspecified atom stereocenters. The summed E-state index contributed by atoms with van der Waals surface area (Å²) in [6, 6.07) is 20.4. The topological polar surface area (TPSA) is 143 Å². The second-order valence-electron chi connectivity index (χ2n) is 15.1. The second-order valence-corrected chi connectivity index (χ2v) is 15.1. The van der Waals surface area contributed by atoms with Gasteiger partial charge in [-0.2, -0.15) is 0 Å². The molecule has 1 aliphatic heterocycles. The number of pyridine rings is 1. The minimum atomic E-state index is -0.891. The average molecular weight is 730 g/mol. The van der Waals surface area contributed by atoms with Gasteiger partial charge in [-0.3, -0.25) is 24.4 Å². The van der Waals surface area contributed by atoms with Gasteiger partial charge in [0.25, 0.3) is 0 Å². The maximum absolute atomic E-state index is 14.3. The zero-order valence-corrected chi connectivity index (χ0v) is 31.4. The van der Waals surface area contributed by atoms with Crippen LogP contribution in [-0.2, 0) is 48.0 Å². The molecular formula is C41H55N5O7. The third-order valence-electron chi connectivity index (χ3n) is 9.62. The number of β-amino-alcohol motifs (C(OH)–C–C–N with tert-alkyl or cyclic N) is 1. The van der Waals surface area contributed by atoms with E-state index in [2.05, 4.69) is 20.5 Å². The predicted molar refractivity (Wildman–Crippen MR) is 201 cm³/mol. The number of benzene rings is 2. The minimum absolute atomic E-state index is 0.0938. The summed E-state index contributed by atoms with van der Waals surface area (Å²) in [6.07, 6.45) is 3.13. The Balaban J connectivity index is 1.29. The van der Waals surface area contributed by atoms with Crippen LogP contribution in [0.25, 0.3) is 0 Å². The fourth-order valence-electron chi connectivity index (χ4n) is 7.16. The molecule has 12 nitrogen and oxygen atoms in total. The lowest BCUT2D eigenvalue weighted by Crippen LogP contribution is -2.61. The highest BCUT2D eigenvalue weighted by Crippen LogP contribution is 2.34. The molecule has 12 heteroatoms. The van der Waals surface area contributed by atoms with Gasteiger partial charge in [0.15, 0.2) is 0 Å². The van der Waals surface area contributed by atoms with Gasteiger partial charge in [-0.15, -0.1) is 0 Å². The van der Waals surface area contributed by atoms with Crippen molar-refractivity contribution in [2.75, 3.05) is 53.1 Å². The Hall–Kier alpha value is -4.20. The van der Waals surface area contributed by atoms with Gasteiger partial charge < -0.3 is 30.0 Å². The molecule has 1 aromatic heterocycles. The SMILES string of the molecule is COCCOCC(=O)OC1Cc2ccccc2C1NC(=O)C(Cc1ccccc1)CC(O)CN1CCN(Cc2cccnc2)CC1C(=O)NC(C)(C)C. The first-order valence-corrected chi connectivity index (χ1v) is 18.5. The molecule has 1 saturated heterocycles. The maximum Gasteiger partial charge on any atom is 0.332 e. The van der Waals surface area contributed by atoms with E-state index in [1.54, 1.807) is 13.3 Å². The Morgan fingerprint density at radius 3 is 2.47 bits per heavy atom. The number of aliphatic hydroxyl groups is 1. The number of carbonyl (C=O) groups excluding carboxylic acids is 3. The van der Waals surface area contributed by atoms with Crippen molar-refractivity contribution in [2.45, 2.75) is 76.4 Å². The molecule has 2 aromatic carbocycles. The molecule has 0 bridgehead atoms. The molecule has 2 aliphatic rings. The van der Waals surface area contributed by atoms with Gasteiger partial charge in [-0.1, -0.05) is 60.7 Å². The molecule has 0 saturated carbocycles. The molecule has 2 heterocycles. The summed E-state index contributed by atoms with van der Waals surface area (Å²) >= 11 is 0. The summed E-state index contributed by atoms with van der Waals surface area (Å²) in [4.78, 5) is 49.2. The fourth-order valence-corrected chi connectivity index (χ4v) is 7.16. The number of nitrogens with one attached hydrogen (secondary N) is 2. The van der Waals surface area contributed by atoms with E-state index < -0.39 is 41.7 Å². The summed E-state index contributed by atoms with van der Waals surface area (Å²) in [5, 5.41) is 18.0. The van der Waals surface area contributed by atoms with Crippen LogP contribution in [0.1, 0.15) is 55.5 Å². The van der Waals surface area contributed by atoms with E-state index in [4.69, 9.17) is 14.2 Å². The number of aromatic nitrogens is 1. The number of esters is 1. The molecule has 3 aromatic rings. The summed E-state index contributed by atoms with van der Waals surface area (Å²) in [5.74, 6) is -1.44. The number of hydrogen-bond donors (Lipinski definition) is 3. The number of fused-ring (bicyclic) bond motifs is 1. The van der Waals surface area contributed by atoms with Crippen molar-refractivity contribution in [1.29, 1.82) is 0 Å². The summed E-state index contributed by atoms with van der Waals surface area (Å²) in [7, 11) is 1.56. The highest BCUT2D eigenvalue weighted by molar-refractivity contribution is 5.83. The van der Waals surface area contributed by atoms with Crippen molar-refractivity contribution in [3.63, 3.8) is 0 Å². The smallest absolute Gasteiger partial charge is 0.332 e. The van der Waals surface area contributed by atoms with Crippen molar-refractivity contribution in [3.8, 4) is 0 Å². The van der Waals surface area contributed by atoms with Crippen LogP contribution in [0.15, 0.2) is 79.1 Å². The van der Waals surface area contributed by atoms with Gasteiger partial charge in [0.05, 0.1) is 25.4 Å². The Morgan fingerprint density at radius 1 is 0.981 bits per heavy atom. The summed E-state index contributed by atoms with van der Waals surface area (Å²) < 4.78 is 16.2. The molecule has 3 N–H and O–H groups in total. The number of hydrogen-bond acceptors (Lipinski definition) is 10. The largest absolute Gasteiger partial charge is 0.458 e. The van der Waals surface area contributed by atoms with Crippen LogP contribution in [0.3, 0.4) is 0 Å². The number of ether oxygens (including phenoxy) is 3. The minimum Gasteiger partial charge on any atom is -0.458 e. The Labute approximate surface area is 313 Å². The monoisotopic (exact) mass is 729 g/mol. The van der Waals surface area contributed by atoms with Crippen molar-refractivity contribution in [3.05, 3.63) is 101 Å². The number of aliphatic hydroxyl groups excluding tert-OH is 1. The van der Waals surface area contributed by atoms with Gasteiger partial charge in [-0.05, 0) is 61.9 Å². The van der Waals surface area contributed by atoms with Crippen LogP contribution in [0, 0.1) is 5.92 Å². The first kappa shape index (κ1) is 40.0. The highest BCUT2D eigenvalue weighted by atomic mass is 16.6. The Bertz CT molecular complexity index is 1620. The van der Waals surface area contributed by atoms with Crippen molar-refractivity contribution >= 4 is 17.8 Å². The molecule has 53 heavy (non-hydrogen) atoms. The number of rotatable bonds is 17. The zero-order chi connectivity index (χ0) is 37.8. The molecular weight excluding hydrogens is 674 g/mol. The number of methoxy groups -OCH3 is 1. The van der Waals surface area contributed by atoms with Crippen LogP contribution in [0.5, 0.6) is 0 Å². The van der Waals surface area contributed by atoms with E-state index in [9.17, 15) is 19.5 Å². The van der Waals surface area contributed by atoms with E-state index in [1.165, 1.54) is 0 Å². The Morgan fingerprint density at radius 2 is 1.74 bits per heavy atom. The number of nitrogens with zero attached hydrogens (tertiary/aromatic N) is 3. The first-order valence-electron chi connectivity index (χ1n) is 18.5. The molecule has 2 amide bonds. The van der Waals surface area contributed by atoms with Crippen molar-refractivity contribution in [1.82, 2.24) is 25.4 Å². The van der Waals surface area contributed by atoms with E-state index in [0.717, 1.165) is 22.3 Å². The average Bonchev–Trinajstić information content (AvgIpc) is 3.46. The number of carbonyl (C=O) groups is 3. The molecule has 5 atom stereocenters. The molecule has 286 valence electrons.